The Morgan fingerprint density at radius 3 is 1.08 bits per heavy atom. The minimum absolute atomic E-state index is 0. The second kappa shape index (κ2) is 19.2. The first kappa shape index (κ1) is 42.9. The molecule has 9 heterocycles. The van der Waals surface area contributed by atoms with Crippen molar-refractivity contribution in [2.45, 2.75) is 20.8 Å². The number of nitrogens with zero attached hydrogens (tertiary/aromatic N) is 8. The Balaban J connectivity index is 0.000000227. The first-order valence-electron chi connectivity index (χ1n) is 20.1. The molecule has 0 saturated carbocycles. The van der Waals surface area contributed by atoms with Crippen molar-refractivity contribution in [2.75, 3.05) is 0 Å². The van der Waals surface area contributed by atoms with Crippen molar-refractivity contribution in [3.8, 4) is 56.0 Å². The maximum absolute atomic E-state index is 5.12. The van der Waals surface area contributed by atoms with E-state index < -0.39 is 0 Å². The number of benzene rings is 4. The molecule has 13 rings (SSSR count). The van der Waals surface area contributed by atoms with Crippen LogP contribution in [0.5, 0.6) is 0 Å². The number of fused-ring (bicyclic) bond motifs is 20. The summed E-state index contributed by atoms with van der Waals surface area (Å²) in [7, 11) is 0. The Bertz CT molecular complexity index is 3420. The largest absolute Gasteiger partial charge is 2.00 e. The standard InChI is InChI=1S/C36H18N8S.3C5H6S.Zn/c1-2-10-20-19(9-1)29-37-30(20)39-32-23-13-5-6-14-24(23)34(41-32)43-36-28-25(27-17-8-18-45-27)15-7-16-26(28)35(44-36)42-33-22-12-4-3-11-21(22)31(38-29)40-33;3*1-5-3-2-4-6-5;/h1-18H;3*2-4H,1H3;/q-2;;;;+2. The van der Waals surface area contributed by atoms with Crippen molar-refractivity contribution < 1.29 is 19.5 Å². The van der Waals surface area contributed by atoms with Crippen LogP contribution < -0.4 is 9.97 Å². The molecule has 13 heteroatoms. The van der Waals surface area contributed by atoms with Crippen LogP contribution in [0.1, 0.15) is 14.6 Å². The van der Waals surface area contributed by atoms with E-state index in [9.17, 15) is 0 Å². The van der Waals surface area contributed by atoms with Crippen LogP contribution in [-0.2, 0) is 19.5 Å². The topological polar surface area (TPSA) is 106 Å². The monoisotopic (exact) mass is 952 g/mol. The number of hydrogen-bond acceptors (Lipinski definition) is 10. The van der Waals surface area contributed by atoms with Gasteiger partial charge < -0.3 is 29.9 Å². The number of aromatic nitrogens is 8. The fourth-order valence-corrected chi connectivity index (χ4v) is 9.62. The molecule has 0 radical (unpaired) electrons. The Kier molecular flexibility index (Phi) is 12.9. The first-order valence-corrected chi connectivity index (χ1v) is 23.7. The summed E-state index contributed by atoms with van der Waals surface area (Å²) in [6.07, 6.45) is 0. The van der Waals surface area contributed by atoms with Gasteiger partial charge >= 0.3 is 19.5 Å². The molecule has 2 aliphatic rings. The van der Waals surface area contributed by atoms with Gasteiger partial charge in [-0.2, -0.15) is 0 Å². The van der Waals surface area contributed by atoms with E-state index in [-0.39, 0.29) is 19.5 Å². The molecular weight excluding hydrogens is 918 g/mol. The van der Waals surface area contributed by atoms with Crippen molar-refractivity contribution in [3.05, 3.63) is 176 Å². The van der Waals surface area contributed by atoms with E-state index in [0.717, 1.165) is 54.2 Å². The molecule has 4 aromatic carbocycles. The van der Waals surface area contributed by atoms with E-state index in [2.05, 4.69) is 96.9 Å². The molecule has 64 heavy (non-hydrogen) atoms. The van der Waals surface area contributed by atoms with Gasteiger partial charge in [-0.3, -0.25) is 0 Å². The van der Waals surface area contributed by atoms with Gasteiger partial charge in [0.15, 0.2) is 0 Å². The molecule has 0 fully saturated rings. The molecule has 7 aromatic heterocycles. The number of thiophene rings is 4. The van der Waals surface area contributed by atoms with Crippen molar-refractivity contribution in [1.82, 2.24) is 39.9 Å². The summed E-state index contributed by atoms with van der Waals surface area (Å²) in [5.41, 5.74) is 6.79. The summed E-state index contributed by atoms with van der Waals surface area (Å²) in [6.45, 7) is 6.31. The SMILES string of the molecule is Cc1cccs1.Cc1cccs1.Cc1cccs1.[Zn+2].c1csc(-c2cccc3c4nc5nc(nc6[n-]c(nc7nc(nc([n-]4)c23)-c2ccccc2-7)c2ccccc62)-c2ccccc2-5)c1. The van der Waals surface area contributed by atoms with Gasteiger partial charge in [0.2, 0.25) is 0 Å². The fourth-order valence-electron chi connectivity index (χ4n) is 7.28. The predicted molar refractivity (Wildman–Crippen MR) is 264 cm³/mol. The number of hydrogen-bond donors (Lipinski definition) is 0. The van der Waals surface area contributed by atoms with Gasteiger partial charge in [-0.15, -0.1) is 45.3 Å². The Labute approximate surface area is 398 Å². The third-order valence-electron chi connectivity index (χ3n) is 10.2. The van der Waals surface area contributed by atoms with Gasteiger partial charge in [0.1, 0.15) is 0 Å². The Morgan fingerprint density at radius 2 is 0.688 bits per heavy atom. The van der Waals surface area contributed by atoms with Crippen LogP contribution in [0.15, 0.2) is 161 Å². The molecule has 2 aliphatic heterocycles. The van der Waals surface area contributed by atoms with Crippen LogP contribution in [0.3, 0.4) is 0 Å². The van der Waals surface area contributed by atoms with Gasteiger partial charge in [-0.25, -0.2) is 9.97 Å². The molecule has 11 aromatic rings. The third kappa shape index (κ3) is 8.91. The predicted octanol–water partition coefficient (Wildman–Crippen LogP) is 14.0. The first-order chi connectivity index (χ1) is 31.0. The summed E-state index contributed by atoms with van der Waals surface area (Å²) in [4.78, 5) is 45.3. The van der Waals surface area contributed by atoms with Gasteiger partial charge in [-0.1, -0.05) is 115 Å². The third-order valence-corrected chi connectivity index (χ3v) is 13.5. The van der Waals surface area contributed by atoms with E-state index >= 15 is 0 Å². The average Bonchev–Trinajstić information content (AvgIpc) is 4.18. The van der Waals surface area contributed by atoms with Gasteiger partial charge in [0, 0.05) is 75.3 Å². The molecule has 0 amide bonds. The van der Waals surface area contributed by atoms with Crippen LogP contribution in [0.25, 0.3) is 100 Å². The summed E-state index contributed by atoms with van der Waals surface area (Å²) < 4.78 is 0. The zero-order valence-electron chi connectivity index (χ0n) is 35.0. The fraction of sp³-hybridized carbons (Fsp3) is 0.0588. The number of aryl methyl sites for hydroxylation is 3. The molecule has 8 nitrogen and oxygen atoms in total. The molecule has 8 bridgehead atoms. The van der Waals surface area contributed by atoms with E-state index in [0.29, 0.717) is 45.9 Å². The van der Waals surface area contributed by atoms with Crippen molar-refractivity contribution >= 4 is 89.5 Å². The number of rotatable bonds is 1. The van der Waals surface area contributed by atoms with E-state index in [1.165, 1.54) is 14.6 Å². The van der Waals surface area contributed by atoms with Crippen molar-refractivity contribution in [1.29, 1.82) is 0 Å². The van der Waals surface area contributed by atoms with Gasteiger partial charge in [0.05, 0.1) is 23.3 Å². The summed E-state index contributed by atoms with van der Waals surface area (Å²) in [5.74, 6) is 2.18. The minimum Gasteiger partial charge on any atom is -0.357 e. The van der Waals surface area contributed by atoms with Gasteiger partial charge in [0.25, 0.3) is 0 Å². The molecule has 0 spiro atoms. The normalized spacial score (nSPS) is 10.9. The molecule has 0 N–H and O–H groups in total. The van der Waals surface area contributed by atoms with E-state index in [1.54, 1.807) is 45.3 Å². The second-order valence-electron chi connectivity index (χ2n) is 14.5. The summed E-state index contributed by atoms with van der Waals surface area (Å²) >= 11 is 7.01. The van der Waals surface area contributed by atoms with E-state index in [1.807, 2.05) is 84.9 Å². The van der Waals surface area contributed by atoms with Crippen LogP contribution in [0, 0.1) is 20.8 Å². The molecule has 306 valence electrons. The Morgan fingerprint density at radius 1 is 0.328 bits per heavy atom. The summed E-state index contributed by atoms with van der Waals surface area (Å²) in [5, 5.41) is 11.9. The zero-order chi connectivity index (χ0) is 42.7. The molecule has 0 unspecified atom stereocenters. The minimum atomic E-state index is 0. The van der Waals surface area contributed by atoms with Crippen LogP contribution >= 0.6 is 45.3 Å². The zero-order valence-corrected chi connectivity index (χ0v) is 41.2. The molecule has 0 aliphatic carbocycles. The maximum atomic E-state index is 5.12. The quantitative estimate of drug-likeness (QED) is 0.150. The van der Waals surface area contributed by atoms with Crippen molar-refractivity contribution in [2.24, 2.45) is 0 Å². The maximum Gasteiger partial charge on any atom is 2.00 e. The molecule has 0 atom stereocenters. The van der Waals surface area contributed by atoms with Crippen molar-refractivity contribution in [3.63, 3.8) is 0 Å². The second-order valence-corrected chi connectivity index (χ2v) is 18.9. The van der Waals surface area contributed by atoms with Crippen LogP contribution in [-0.4, -0.2) is 29.9 Å². The smallest absolute Gasteiger partial charge is 0.357 e. The average molecular weight is 955 g/mol. The molecule has 0 saturated heterocycles. The Hall–Kier alpha value is -6.34. The van der Waals surface area contributed by atoms with Gasteiger partial charge in [-0.05, 0) is 82.7 Å². The van der Waals surface area contributed by atoms with Crippen LogP contribution in [0.2, 0.25) is 0 Å². The van der Waals surface area contributed by atoms with Crippen LogP contribution in [0.4, 0.5) is 0 Å². The molecular formula is C51H36N8S4Zn. The summed E-state index contributed by atoms with van der Waals surface area (Å²) in [6, 6.07) is 46.8. The van der Waals surface area contributed by atoms with E-state index in [4.69, 9.17) is 39.9 Å².